The van der Waals surface area contributed by atoms with Gasteiger partial charge in [-0.25, -0.2) is 0 Å². The number of hydrogen-bond acceptors (Lipinski definition) is 3. The molecular weight excluding hydrogens is 254 g/mol. The molecule has 20 heavy (non-hydrogen) atoms. The van der Waals surface area contributed by atoms with Crippen LogP contribution in [0.4, 0.5) is 11.4 Å². The minimum absolute atomic E-state index is 0.0173. The summed E-state index contributed by atoms with van der Waals surface area (Å²) in [6.45, 7) is 2.52. The molecule has 0 aromatic heterocycles. The van der Waals surface area contributed by atoms with E-state index >= 15 is 0 Å². The molecule has 1 fully saturated rings. The SMILES string of the molecule is CC(=O)Nc1cccc(NC(=O)CC2CCCN2C)c1. The van der Waals surface area contributed by atoms with E-state index in [1.807, 2.05) is 12.1 Å². The van der Waals surface area contributed by atoms with Gasteiger partial charge in [0.1, 0.15) is 0 Å². The van der Waals surface area contributed by atoms with Crippen molar-refractivity contribution in [2.24, 2.45) is 0 Å². The smallest absolute Gasteiger partial charge is 0.225 e. The van der Waals surface area contributed by atoms with Gasteiger partial charge in [-0.2, -0.15) is 0 Å². The van der Waals surface area contributed by atoms with Crippen LogP contribution in [-0.2, 0) is 9.59 Å². The Hall–Kier alpha value is -1.88. The number of carbonyl (C=O) groups is 2. The van der Waals surface area contributed by atoms with Gasteiger partial charge in [0.2, 0.25) is 11.8 Å². The van der Waals surface area contributed by atoms with Crippen molar-refractivity contribution in [1.82, 2.24) is 4.90 Å². The Balaban J connectivity index is 1.92. The third-order valence-corrected chi connectivity index (χ3v) is 3.56. The first-order chi connectivity index (χ1) is 9.54. The van der Waals surface area contributed by atoms with E-state index in [9.17, 15) is 9.59 Å². The molecule has 1 aromatic carbocycles. The largest absolute Gasteiger partial charge is 0.326 e. The maximum atomic E-state index is 12.0. The summed E-state index contributed by atoms with van der Waals surface area (Å²) in [6.07, 6.45) is 2.75. The number of rotatable bonds is 4. The van der Waals surface area contributed by atoms with Crippen LogP contribution in [0.5, 0.6) is 0 Å². The first-order valence-corrected chi connectivity index (χ1v) is 6.92. The lowest BCUT2D eigenvalue weighted by Crippen LogP contribution is -2.29. The molecule has 1 heterocycles. The van der Waals surface area contributed by atoms with E-state index in [1.165, 1.54) is 6.92 Å². The van der Waals surface area contributed by atoms with Crippen molar-refractivity contribution in [2.75, 3.05) is 24.2 Å². The minimum atomic E-state index is -0.124. The van der Waals surface area contributed by atoms with Crippen LogP contribution < -0.4 is 10.6 Å². The first kappa shape index (κ1) is 14.5. The molecular formula is C15H21N3O2. The van der Waals surface area contributed by atoms with E-state index in [4.69, 9.17) is 0 Å². The molecule has 1 saturated heterocycles. The lowest BCUT2D eigenvalue weighted by atomic mass is 10.1. The average Bonchev–Trinajstić information content (AvgIpc) is 2.74. The van der Waals surface area contributed by atoms with E-state index in [0.717, 1.165) is 19.4 Å². The highest BCUT2D eigenvalue weighted by Crippen LogP contribution is 2.19. The fraction of sp³-hybridized carbons (Fsp3) is 0.467. The number of likely N-dealkylation sites (tertiary alicyclic amines) is 1. The highest BCUT2D eigenvalue weighted by molar-refractivity contribution is 5.93. The standard InChI is InChI=1S/C15H21N3O2/c1-11(19)16-12-5-3-6-13(9-12)17-15(20)10-14-7-4-8-18(14)2/h3,5-6,9,14H,4,7-8,10H2,1-2H3,(H,16,19)(H,17,20). The second kappa shape index (κ2) is 6.52. The number of nitrogens with one attached hydrogen (secondary N) is 2. The number of anilines is 2. The zero-order valence-electron chi connectivity index (χ0n) is 12.0. The van der Waals surface area contributed by atoms with Crippen LogP contribution >= 0.6 is 0 Å². The number of amides is 2. The molecule has 0 saturated carbocycles. The third-order valence-electron chi connectivity index (χ3n) is 3.56. The Labute approximate surface area is 119 Å². The van der Waals surface area contributed by atoms with Gasteiger partial charge in [0.15, 0.2) is 0 Å². The van der Waals surface area contributed by atoms with Crippen LogP contribution in [-0.4, -0.2) is 36.3 Å². The molecule has 2 N–H and O–H groups in total. The van der Waals surface area contributed by atoms with E-state index in [-0.39, 0.29) is 11.8 Å². The van der Waals surface area contributed by atoms with Crippen molar-refractivity contribution in [3.63, 3.8) is 0 Å². The molecule has 1 aromatic rings. The fourth-order valence-corrected chi connectivity index (χ4v) is 2.54. The number of benzene rings is 1. The van der Waals surface area contributed by atoms with Crippen LogP contribution in [0.15, 0.2) is 24.3 Å². The lowest BCUT2D eigenvalue weighted by molar-refractivity contribution is -0.117. The molecule has 1 aliphatic heterocycles. The van der Waals surface area contributed by atoms with Gasteiger partial charge in [-0.3, -0.25) is 9.59 Å². The number of carbonyl (C=O) groups excluding carboxylic acids is 2. The fourth-order valence-electron chi connectivity index (χ4n) is 2.54. The van der Waals surface area contributed by atoms with Crippen LogP contribution in [0.3, 0.4) is 0 Å². The maximum absolute atomic E-state index is 12.0. The van der Waals surface area contributed by atoms with Gasteiger partial charge in [0.25, 0.3) is 0 Å². The van der Waals surface area contributed by atoms with Gasteiger partial charge in [0.05, 0.1) is 0 Å². The van der Waals surface area contributed by atoms with Crippen molar-refractivity contribution in [2.45, 2.75) is 32.2 Å². The van der Waals surface area contributed by atoms with Gasteiger partial charge in [-0.15, -0.1) is 0 Å². The van der Waals surface area contributed by atoms with Crippen LogP contribution in [0.25, 0.3) is 0 Å². The molecule has 2 amide bonds. The monoisotopic (exact) mass is 275 g/mol. The highest BCUT2D eigenvalue weighted by atomic mass is 16.2. The summed E-state index contributed by atoms with van der Waals surface area (Å²) in [4.78, 5) is 25.3. The quantitative estimate of drug-likeness (QED) is 0.884. The summed E-state index contributed by atoms with van der Waals surface area (Å²) in [6, 6.07) is 7.53. The predicted octanol–water partition coefficient (Wildman–Crippen LogP) is 2.07. The number of nitrogens with zero attached hydrogens (tertiary/aromatic N) is 1. The van der Waals surface area contributed by atoms with E-state index < -0.39 is 0 Å². The van der Waals surface area contributed by atoms with Gasteiger partial charge in [0, 0.05) is 30.8 Å². The molecule has 1 aliphatic rings. The van der Waals surface area contributed by atoms with Crippen molar-refractivity contribution >= 4 is 23.2 Å². The summed E-state index contributed by atoms with van der Waals surface area (Å²) >= 11 is 0. The predicted molar refractivity (Wildman–Crippen MR) is 79.6 cm³/mol. The van der Waals surface area contributed by atoms with Gasteiger partial charge in [-0.1, -0.05) is 6.07 Å². The molecule has 0 aliphatic carbocycles. The summed E-state index contributed by atoms with van der Waals surface area (Å²) in [5.41, 5.74) is 1.40. The molecule has 5 heteroatoms. The van der Waals surface area contributed by atoms with Gasteiger partial charge in [-0.05, 0) is 44.6 Å². The van der Waals surface area contributed by atoms with Crippen LogP contribution in [0, 0.1) is 0 Å². The normalized spacial score (nSPS) is 18.8. The van der Waals surface area contributed by atoms with Crippen molar-refractivity contribution in [3.05, 3.63) is 24.3 Å². The molecule has 5 nitrogen and oxygen atoms in total. The van der Waals surface area contributed by atoms with Crippen molar-refractivity contribution in [1.29, 1.82) is 0 Å². The zero-order chi connectivity index (χ0) is 14.5. The van der Waals surface area contributed by atoms with E-state index in [1.54, 1.807) is 12.1 Å². The lowest BCUT2D eigenvalue weighted by Gasteiger charge is -2.18. The summed E-state index contributed by atoms with van der Waals surface area (Å²) < 4.78 is 0. The van der Waals surface area contributed by atoms with Gasteiger partial charge < -0.3 is 15.5 Å². The second-order valence-electron chi connectivity index (χ2n) is 5.29. The number of hydrogen-bond donors (Lipinski definition) is 2. The third kappa shape index (κ3) is 4.06. The minimum Gasteiger partial charge on any atom is -0.326 e. The Morgan fingerprint density at radius 2 is 2.00 bits per heavy atom. The molecule has 1 unspecified atom stereocenters. The molecule has 0 bridgehead atoms. The first-order valence-electron chi connectivity index (χ1n) is 6.92. The average molecular weight is 275 g/mol. The molecule has 0 radical (unpaired) electrons. The summed E-state index contributed by atoms with van der Waals surface area (Å²) in [7, 11) is 2.06. The molecule has 0 spiro atoms. The van der Waals surface area contributed by atoms with Crippen LogP contribution in [0.2, 0.25) is 0 Å². The van der Waals surface area contributed by atoms with Crippen molar-refractivity contribution < 1.29 is 9.59 Å². The zero-order valence-corrected chi connectivity index (χ0v) is 12.0. The Morgan fingerprint density at radius 1 is 1.30 bits per heavy atom. The van der Waals surface area contributed by atoms with Gasteiger partial charge >= 0.3 is 0 Å². The Morgan fingerprint density at radius 3 is 2.60 bits per heavy atom. The maximum Gasteiger partial charge on any atom is 0.225 e. The summed E-state index contributed by atoms with van der Waals surface area (Å²) in [5.74, 6) is -0.107. The molecule has 108 valence electrons. The van der Waals surface area contributed by atoms with Crippen LogP contribution in [0.1, 0.15) is 26.2 Å². The highest BCUT2D eigenvalue weighted by Gasteiger charge is 2.23. The molecule has 1 atom stereocenters. The Kier molecular flexibility index (Phi) is 4.74. The molecule has 2 rings (SSSR count). The van der Waals surface area contributed by atoms with Crippen molar-refractivity contribution in [3.8, 4) is 0 Å². The van der Waals surface area contributed by atoms with E-state index in [0.29, 0.717) is 23.8 Å². The topological polar surface area (TPSA) is 61.4 Å². The Bertz CT molecular complexity index is 502. The second-order valence-corrected chi connectivity index (χ2v) is 5.29. The summed E-state index contributed by atoms with van der Waals surface area (Å²) in [5, 5.41) is 5.59. The van der Waals surface area contributed by atoms with E-state index in [2.05, 4.69) is 22.6 Å².